The maximum Gasteiger partial charge on any atom is 0.239 e. The fourth-order valence-electron chi connectivity index (χ4n) is 2.68. The summed E-state index contributed by atoms with van der Waals surface area (Å²) in [5.74, 6) is 4.73. The predicted molar refractivity (Wildman–Crippen MR) is 96.6 cm³/mol. The third-order valence-electron chi connectivity index (χ3n) is 4.71. The fraction of sp³-hybridized carbons (Fsp3) is 0.833. The molecule has 1 unspecified atom stereocenters. The van der Waals surface area contributed by atoms with Crippen LogP contribution in [-0.2, 0) is 9.59 Å². The molecule has 0 radical (unpaired) electrons. The zero-order chi connectivity index (χ0) is 19.5. The number of hydrazine groups is 1. The summed E-state index contributed by atoms with van der Waals surface area (Å²) in [6.07, 6.45) is 7.49. The van der Waals surface area contributed by atoms with Gasteiger partial charge in [-0.3, -0.25) is 20.3 Å². The second kappa shape index (κ2) is 11.1. The van der Waals surface area contributed by atoms with E-state index in [0.717, 1.165) is 32.1 Å². The molecule has 2 amide bonds. The summed E-state index contributed by atoms with van der Waals surface area (Å²) in [7, 11) is 0. The Bertz CT molecular complexity index is 469. The Hall–Kier alpha value is -1.65. The van der Waals surface area contributed by atoms with Crippen LogP contribution in [0.15, 0.2) is 0 Å². The van der Waals surface area contributed by atoms with Crippen LogP contribution in [-0.4, -0.2) is 23.0 Å². The highest BCUT2D eigenvalue weighted by Crippen LogP contribution is 2.26. The summed E-state index contributed by atoms with van der Waals surface area (Å²) < 4.78 is 0. The van der Waals surface area contributed by atoms with Crippen molar-refractivity contribution >= 4 is 11.8 Å². The molecule has 0 fully saturated rings. The number of nitrogens with one attached hydrogen (secondary N) is 2. The van der Waals surface area contributed by atoms with E-state index in [1.807, 2.05) is 27.7 Å². The van der Waals surface area contributed by atoms with Crippen LogP contribution in [0.3, 0.4) is 0 Å². The lowest BCUT2D eigenvalue weighted by molar-refractivity contribution is -0.130. The van der Waals surface area contributed by atoms with Gasteiger partial charge >= 0.3 is 0 Å². The molecule has 5 N–H and O–H groups in total. The number of aliphatic hydroxyl groups excluding tert-OH is 1. The average molecular weight is 354 g/mol. The first-order valence-corrected chi connectivity index (χ1v) is 8.95. The number of rotatable bonds is 12. The van der Waals surface area contributed by atoms with Gasteiger partial charge in [-0.25, -0.2) is 5.84 Å². The molecule has 25 heavy (non-hydrogen) atoms. The largest absolute Gasteiger partial charge is 0.393 e. The first kappa shape index (κ1) is 23.4. The molecule has 0 aromatic heterocycles. The summed E-state index contributed by atoms with van der Waals surface area (Å²) in [6, 6.07) is 0. The van der Waals surface area contributed by atoms with E-state index in [1.54, 1.807) is 6.19 Å². The maximum atomic E-state index is 11.7. The first-order valence-electron chi connectivity index (χ1n) is 8.95. The number of carbonyl (C=O) groups is 2. The van der Waals surface area contributed by atoms with Gasteiger partial charge in [0, 0.05) is 10.8 Å². The van der Waals surface area contributed by atoms with Crippen molar-refractivity contribution in [2.24, 2.45) is 16.7 Å². The van der Waals surface area contributed by atoms with Crippen molar-refractivity contribution in [1.29, 1.82) is 5.26 Å². The predicted octanol–water partition coefficient (Wildman–Crippen LogP) is 2.11. The molecule has 7 heteroatoms. The van der Waals surface area contributed by atoms with Crippen molar-refractivity contribution < 1.29 is 14.7 Å². The van der Waals surface area contributed by atoms with E-state index in [4.69, 9.17) is 11.1 Å². The number of aliphatic hydroxyl groups is 1. The highest BCUT2D eigenvalue weighted by molar-refractivity contribution is 5.83. The summed E-state index contributed by atoms with van der Waals surface area (Å²) >= 11 is 0. The van der Waals surface area contributed by atoms with E-state index in [0.29, 0.717) is 19.3 Å². The molecule has 0 spiro atoms. The Morgan fingerprint density at radius 1 is 1.00 bits per heavy atom. The molecule has 0 saturated heterocycles. The van der Waals surface area contributed by atoms with E-state index in [1.165, 1.54) is 0 Å². The smallest absolute Gasteiger partial charge is 0.239 e. The summed E-state index contributed by atoms with van der Waals surface area (Å²) in [5, 5.41) is 20.7. The summed E-state index contributed by atoms with van der Waals surface area (Å²) in [4.78, 5) is 23.3. The second-order valence-electron chi connectivity index (χ2n) is 7.95. The van der Waals surface area contributed by atoms with Crippen LogP contribution in [0, 0.1) is 22.3 Å². The molecule has 144 valence electrons. The molecule has 0 rings (SSSR count). The minimum atomic E-state index is -0.574. The zero-order valence-corrected chi connectivity index (χ0v) is 16.0. The van der Waals surface area contributed by atoms with Crippen LogP contribution in [0.4, 0.5) is 0 Å². The number of unbranched alkanes of at least 4 members (excludes halogenated alkanes) is 2. The highest BCUT2D eigenvalue weighted by atomic mass is 16.3. The van der Waals surface area contributed by atoms with Crippen molar-refractivity contribution in [3.05, 3.63) is 0 Å². The van der Waals surface area contributed by atoms with Crippen LogP contribution in [0.2, 0.25) is 0 Å². The fourth-order valence-corrected chi connectivity index (χ4v) is 2.68. The molecule has 7 nitrogen and oxygen atoms in total. The van der Waals surface area contributed by atoms with Gasteiger partial charge in [-0.05, 0) is 25.7 Å². The summed E-state index contributed by atoms with van der Waals surface area (Å²) in [5.41, 5.74) is 1.12. The minimum Gasteiger partial charge on any atom is -0.393 e. The van der Waals surface area contributed by atoms with Crippen molar-refractivity contribution in [3.63, 3.8) is 0 Å². The van der Waals surface area contributed by atoms with E-state index < -0.39 is 10.8 Å². The van der Waals surface area contributed by atoms with E-state index in [2.05, 4.69) is 10.7 Å². The van der Waals surface area contributed by atoms with Crippen LogP contribution in [0.25, 0.3) is 0 Å². The molecular weight excluding hydrogens is 320 g/mol. The molecule has 0 heterocycles. The van der Waals surface area contributed by atoms with E-state index in [9.17, 15) is 14.7 Å². The number of amides is 2. The number of nitriles is 1. The first-order chi connectivity index (χ1) is 11.6. The second-order valence-corrected chi connectivity index (χ2v) is 7.95. The molecule has 0 aromatic rings. The van der Waals surface area contributed by atoms with Gasteiger partial charge < -0.3 is 5.11 Å². The molecule has 0 bridgehead atoms. The lowest BCUT2D eigenvalue weighted by Crippen LogP contribution is -2.40. The van der Waals surface area contributed by atoms with Gasteiger partial charge in [-0.15, -0.1) is 0 Å². The average Bonchev–Trinajstić information content (AvgIpc) is 2.55. The Labute approximate surface area is 151 Å². The molecular formula is C18H34N4O3. The molecule has 0 aromatic carbocycles. The number of carbonyl (C=O) groups excluding carboxylic acids is 2. The number of nitrogens with two attached hydrogens (primary N) is 1. The van der Waals surface area contributed by atoms with Crippen molar-refractivity contribution in [2.45, 2.75) is 85.2 Å². The van der Waals surface area contributed by atoms with Crippen molar-refractivity contribution in [1.82, 2.24) is 10.7 Å². The number of nitrogens with zero attached hydrogens (tertiary/aromatic N) is 1. The van der Waals surface area contributed by atoms with Gasteiger partial charge in [0.25, 0.3) is 0 Å². The molecule has 0 aliphatic heterocycles. The summed E-state index contributed by atoms with van der Waals surface area (Å²) in [6.45, 7) is 7.34. The maximum absolute atomic E-state index is 11.7. The van der Waals surface area contributed by atoms with Gasteiger partial charge in [0.1, 0.15) is 0 Å². The SMILES string of the molecule is CC(C)(CCCCC(O)CCCCC(C)(C)C(=O)NC#N)C(=O)NN. The lowest BCUT2D eigenvalue weighted by atomic mass is 9.85. The highest BCUT2D eigenvalue weighted by Gasteiger charge is 2.27. The Morgan fingerprint density at radius 2 is 1.44 bits per heavy atom. The third-order valence-corrected chi connectivity index (χ3v) is 4.71. The standard InChI is InChI=1S/C18H34N4O3/c1-17(2,15(24)21-13-19)11-7-5-9-14(23)10-6-8-12-18(3,4)16(25)22-20/h14,23H,5-12,20H2,1-4H3,(H,21,24)(H,22,25). The molecule has 0 saturated carbocycles. The van der Waals surface area contributed by atoms with Crippen LogP contribution in [0.1, 0.15) is 79.1 Å². The van der Waals surface area contributed by atoms with Crippen molar-refractivity contribution in [2.75, 3.05) is 0 Å². The monoisotopic (exact) mass is 354 g/mol. The van der Waals surface area contributed by atoms with Gasteiger partial charge in [-0.1, -0.05) is 53.4 Å². The third kappa shape index (κ3) is 9.42. The van der Waals surface area contributed by atoms with Crippen LogP contribution < -0.4 is 16.6 Å². The number of hydrogen-bond acceptors (Lipinski definition) is 5. The van der Waals surface area contributed by atoms with Gasteiger partial charge in [0.15, 0.2) is 6.19 Å². The van der Waals surface area contributed by atoms with Crippen LogP contribution >= 0.6 is 0 Å². The van der Waals surface area contributed by atoms with Crippen LogP contribution in [0.5, 0.6) is 0 Å². The Morgan fingerprint density at radius 3 is 1.84 bits per heavy atom. The van der Waals surface area contributed by atoms with Crippen molar-refractivity contribution in [3.8, 4) is 6.19 Å². The van der Waals surface area contributed by atoms with Gasteiger partial charge in [-0.2, -0.15) is 5.26 Å². The Balaban J connectivity index is 3.89. The number of hydrogen-bond donors (Lipinski definition) is 4. The molecule has 1 atom stereocenters. The molecule has 0 aliphatic rings. The zero-order valence-electron chi connectivity index (χ0n) is 16.0. The van der Waals surface area contributed by atoms with Gasteiger partial charge in [0.2, 0.25) is 11.8 Å². The minimum absolute atomic E-state index is 0.170. The van der Waals surface area contributed by atoms with E-state index >= 15 is 0 Å². The Kier molecular flexibility index (Phi) is 10.3. The normalized spacial score (nSPS) is 13.0. The topological polar surface area (TPSA) is 128 Å². The van der Waals surface area contributed by atoms with Gasteiger partial charge in [0.05, 0.1) is 6.10 Å². The van der Waals surface area contributed by atoms with E-state index in [-0.39, 0.29) is 17.9 Å². The lowest BCUT2D eigenvalue weighted by Gasteiger charge is -2.22. The molecule has 0 aliphatic carbocycles. The quantitative estimate of drug-likeness (QED) is 0.107.